The molecule has 2 aliphatic heterocycles. The zero-order chi connectivity index (χ0) is 20.5. The van der Waals surface area contributed by atoms with Gasteiger partial charge in [0.05, 0.1) is 6.10 Å². The third-order valence-electron chi connectivity index (χ3n) is 4.62. The highest BCUT2D eigenvalue weighted by atomic mass is 79.9. The summed E-state index contributed by atoms with van der Waals surface area (Å²) in [6.45, 7) is 1.85. The van der Waals surface area contributed by atoms with Gasteiger partial charge in [0, 0.05) is 18.6 Å². The summed E-state index contributed by atoms with van der Waals surface area (Å²) in [4.78, 5) is 20.0. The fraction of sp³-hybridized carbons (Fsp3) is 0.562. The lowest BCUT2D eigenvalue weighted by molar-refractivity contribution is -0.192. The van der Waals surface area contributed by atoms with Crippen molar-refractivity contribution in [3.8, 4) is 0 Å². The number of oxazole rings is 1. The molecule has 0 amide bonds. The number of rotatable bonds is 2. The van der Waals surface area contributed by atoms with Crippen molar-refractivity contribution in [1.82, 2.24) is 14.9 Å². The van der Waals surface area contributed by atoms with Crippen LogP contribution in [-0.2, 0) is 4.79 Å². The highest BCUT2D eigenvalue weighted by Crippen LogP contribution is 2.30. The fourth-order valence-electron chi connectivity index (χ4n) is 3.48. The van der Waals surface area contributed by atoms with E-state index in [-0.39, 0.29) is 12.1 Å². The molecule has 154 valence electrons. The first-order chi connectivity index (χ1) is 13.1. The summed E-state index contributed by atoms with van der Waals surface area (Å²) in [5.74, 6) is -2.76. The molecule has 0 aliphatic carbocycles. The van der Waals surface area contributed by atoms with Crippen LogP contribution in [0.5, 0.6) is 0 Å². The number of carboxylic acids is 1. The van der Waals surface area contributed by atoms with Gasteiger partial charge in [-0.1, -0.05) is 0 Å². The maximum Gasteiger partial charge on any atom is 0.490 e. The lowest BCUT2D eigenvalue weighted by Crippen LogP contribution is -2.47. The molecular formula is C16H18BrF3N4O4. The number of nitrogens with zero attached hydrogens (tertiary/aromatic N) is 3. The molecule has 3 unspecified atom stereocenters. The lowest BCUT2D eigenvalue weighted by Gasteiger charge is -2.36. The fourth-order valence-corrected chi connectivity index (χ4v) is 3.78. The number of nitrogens with one attached hydrogen (secondary N) is 1. The van der Waals surface area contributed by atoms with Crippen LogP contribution in [0.1, 0.15) is 19.3 Å². The van der Waals surface area contributed by atoms with Crippen LogP contribution < -0.4 is 5.32 Å². The standard InChI is InChI=1S/C14H17BrN4O2.C2HF3O2/c15-12-4-3-11-13(17-12)18-14(21-11)16-9-2-1-5-19-7-8(20)6-10(9)19;3-2(4,5)1(6)7/h3-4,8-10,20H,1-2,5-7H2,(H,16,17,18);(H,6,7). The van der Waals surface area contributed by atoms with Crippen molar-refractivity contribution in [3.05, 3.63) is 16.7 Å². The van der Waals surface area contributed by atoms with Gasteiger partial charge in [-0.05, 0) is 53.9 Å². The van der Waals surface area contributed by atoms with E-state index in [1.807, 2.05) is 12.1 Å². The number of alkyl halides is 3. The number of carboxylic acid groups (broad SMARTS) is 1. The van der Waals surface area contributed by atoms with Crippen molar-refractivity contribution >= 4 is 39.1 Å². The first-order valence-corrected chi connectivity index (χ1v) is 9.34. The van der Waals surface area contributed by atoms with Gasteiger partial charge in [-0.2, -0.15) is 18.2 Å². The summed E-state index contributed by atoms with van der Waals surface area (Å²) < 4.78 is 38.2. The molecule has 2 aromatic heterocycles. The molecule has 2 aromatic rings. The number of anilines is 1. The van der Waals surface area contributed by atoms with Crippen molar-refractivity contribution < 1.29 is 32.6 Å². The molecule has 3 N–H and O–H groups in total. The summed E-state index contributed by atoms with van der Waals surface area (Å²) in [5, 5.41) is 20.4. The molecule has 8 nitrogen and oxygen atoms in total. The predicted molar refractivity (Wildman–Crippen MR) is 95.8 cm³/mol. The van der Waals surface area contributed by atoms with Crippen molar-refractivity contribution in [1.29, 1.82) is 0 Å². The lowest BCUT2D eigenvalue weighted by atomic mass is 9.96. The van der Waals surface area contributed by atoms with E-state index in [2.05, 4.69) is 36.1 Å². The summed E-state index contributed by atoms with van der Waals surface area (Å²) in [6.07, 6.45) is -2.27. The van der Waals surface area contributed by atoms with E-state index in [4.69, 9.17) is 14.3 Å². The maximum atomic E-state index is 10.6. The monoisotopic (exact) mass is 466 g/mol. The molecule has 0 radical (unpaired) electrons. The number of pyridine rings is 1. The number of carbonyl (C=O) groups is 1. The van der Waals surface area contributed by atoms with Gasteiger partial charge in [0.25, 0.3) is 6.01 Å². The minimum Gasteiger partial charge on any atom is -0.475 e. The molecule has 0 aromatic carbocycles. The van der Waals surface area contributed by atoms with Crippen LogP contribution in [0, 0.1) is 0 Å². The molecule has 2 fully saturated rings. The van der Waals surface area contributed by atoms with Crippen LogP contribution in [-0.4, -0.2) is 68.5 Å². The van der Waals surface area contributed by atoms with Crippen LogP contribution in [0.4, 0.5) is 19.2 Å². The first-order valence-electron chi connectivity index (χ1n) is 8.55. The first kappa shape index (κ1) is 20.8. The van der Waals surface area contributed by atoms with Crippen LogP contribution in [0.15, 0.2) is 21.2 Å². The van der Waals surface area contributed by atoms with Crippen molar-refractivity contribution in [3.63, 3.8) is 0 Å². The molecule has 4 heterocycles. The van der Waals surface area contributed by atoms with Crippen molar-refractivity contribution in [2.24, 2.45) is 0 Å². The number of piperidine rings is 1. The van der Waals surface area contributed by atoms with Gasteiger partial charge in [0.15, 0.2) is 5.58 Å². The third-order valence-corrected chi connectivity index (χ3v) is 5.07. The Morgan fingerprint density at radius 2 is 2.07 bits per heavy atom. The van der Waals surface area contributed by atoms with Gasteiger partial charge in [-0.25, -0.2) is 9.78 Å². The van der Waals surface area contributed by atoms with Gasteiger partial charge in [0.1, 0.15) is 4.60 Å². The number of hydrogen-bond acceptors (Lipinski definition) is 7. The van der Waals surface area contributed by atoms with Crippen LogP contribution in [0.25, 0.3) is 11.2 Å². The Hall–Kier alpha value is -1.92. The normalized spacial score (nSPS) is 25.1. The van der Waals surface area contributed by atoms with E-state index in [9.17, 15) is 18.3 Å². The van der Waals surface area contributed by atoms with Crippen molar-refractivity contribution in [2.45, 2.75) is 43.6 Å². The Balaban J connectivity index is 0.000000279. The molecule has 0 saturated carbocycles. The van der Waals surface area contributed by atoms with E-state index < -0.39 is 12.1 Å². The molecule has 28 heavy (non-hydrogen) atoms. The predicted octanol–water partition coefficient (Wildman–Crippen LogP) is 2.63. The molecule has 3 atom stereocenters. The number of hydrogen-bond donors (Lipinski definition) is 3. The average molecular weight is 467 g/mol. The zero-order valence-electron chi connectivity index (χ0n) is 14.5. The van der Waals surface area contributed by atoms with Crippen LogP contribution in [0.2, 0.25) is 0 Å². The Bertz CT molecular complexity index is 847. The molecule has 2 aliphatic rings. The largest absolute Gasteiger partial charge is 0.490 e. The van der Waals surface area contributed by atoms with E-state index >= 15 is 0 Å². The summed E-state index contributed by atoms with van der Waals surface area (Å²) >= 11 is 3.34. The van der Waals surface area contributed by atoms with E-state index in [0.717, 1.165) is 37.0 Å². The van der Waals surface area contributed by atoms with Crippen molar-refractivity contribution in [2.75, 3.05) is 18.4 Å². The molecule has 0 bridgehead atoms. The molecule has 2 saturated heterocycles. The maximum absolute atomic E-state index is 10.6. The number of aliphatic carboxylic acids is 1. The third kappa shape index (κ3) is 4.92. The Morgan fingerprint density at radius 1 is 1.36 bits per heavy atom. The Labute approximate surface area is 165 Å². The quantitative estimate of drug-likeness (QED) is 0.579. The minimum absolute atomic E-state index is 0.210. The topological polar surface area (TPSA) is 112 Å². The van der Waals surface area contributed by atoms with Gasteiger partial charge in [-0.3, -0.25) is 4.90 Å². The number of halogens is 4. The SMILES string of the molecule is O=C(O)C(F)(F)F.OC1CC2C(Nc3nc4nc(Br)ccc4o3)CCCN2C1. The molecule has 4 rings (SSSR count). The second-order valence-corrected chi connectivity index (χ2v) is 7.43. The van der Waals surface area contributed by atoms with E-state index in [0.29, 0.717) is 23.3 Å². The van der Waals surface area contributed by atoms with Gasteiger partial charge < -0.3 is 19.9 Å². The number of aromatic nitrogens is 2. The molecular weight excluding hydrogens is 449 g/mol. The average Bonchev–Trinajstić information content (AvgIpc) is 3.16. The second kappa shape index (κ2) is 8.21. The highest BCUT2D eigenvalue weighted by Gasteiger charge is 2.39. The zero-order valence-corrected chi connectivity index (χ0v) is 16.1. The minimum atomic E-state index is -5.08. The summed E-state index contributed by atoms with van der Waals surface area (Å²) in [6, 6.07) is 4.85. The van der Waals surface area contributed by atoms with Crippen LogP contribution in [0.3, 0.4) is 0 Å². The molecule has 12 heteroatoms. The Kier molecular flexibility index (Phi) is 6.10. The summed E-state index contributed by atoms with van der Waals surface area (Å²) in [7, 11) is 0. The smallest absolute Gasteiger partial charge is 0.475 e. The number of aliphatic hydroxyl groups is 1. The Morgan fingerprint density at radius 3 is 2.75 bits per heavy atom. The number of aliphatic hydroxyl groups excluding tert-OH is 1. The molecule has 0 spiro atoms. The van der Waals surface area contributed by atoms with E-state index in [1.165, 1.54) is 0 Å². The number of fused-ring (bicyclic) bond motifs is 2. The summed E-state index contributed by atoms with van der Waals surface area (Å²) in [5.41, 5.74) is 1.28. The van der Waals surface area contributed by atoms with Gasteiger partial charge in [0.2, 0.25) is 5.65 Å². The van der Waals surface area contributed by atoms with Crippen LogP contribution >= 0.6 is 15.9 Å². The second-order valence-electron chi connectivity index (χ2n) is 6.62. The highest BCUT2D eigenvalue weighted by molar-refractivity contribution is 9.10. The van der Waals surface area contributed by atoms with Gasteiger partial charge >= 0.3 is 12.1 Å². The van der Waals surface area contributed by atoms with E-state index in [1.54, 1.807) is 0 Å². The van der Waals surface area contributed by atoms with Gasteiger partial charge in [-0.15, -0.1) is 0 Å².